The zero-order chi connectivity index (χ0) is 15.2. The third-order valence-electron chi connectivity index (χ3n) is 4.32. The second-order valence-electron chi connectivity index (χ2n) is 5.76. The number of piperidine rings is 1. The molecule has 0 aromatic carbocycles. The highest BCUT2D eigenvalue weighted by molar-refractivity contribution is 8.00. The monoisotopic (exact) mass is 321 g/mol. The highest BCUT2D eigenvalue weighted by Gasteiger charge is 2.28. The summed E-state index contributed by atoms with van der Waals surface area (Å²) in [5.41, 5.74) is 0. The standard InChI is InChI=1S/C16H23N3O2S/c20-16(13-22-15-3-5-17-6-4-15)19-7-1-2-14(12-19)18-8-10-21-11-9-18/h3-6,14H,1-2,7-13H2. The van der Waals surface area contributed by atoms with Gasteiger partial charge in [-0.05, 0) is 25.0 Å². The van der Waals surface area contributed by atoms with Crippen molar-refractivity contribution in [3.05, 3.63) is 24.5 Å². The first kappa shape index (κ1) is 15.8. The fraction of sp³-hybridized carbons (Fsp3) is 0.625. The van der Waals surface area contributed by atoms with Gasteiger partial charge in [-0.25, -0.2) is 0 Å². The summed E-state index contributed by atoms with van der Waals surface area (Å²) in [5.74, 6) is 0.764. The second-order valence-corrected chi connectivity index (χ2v) is 6.80. The number of likely N-dealkylation sites (tertiary alicyclic amines) is 1. The third kappa shape index (κ3) is 4.21. The van der Waals surface area contributed by atoms with E-state index in [9.17, 15) is 4.79 Å². The molecule has 0 bridgehead atoms. The maximum atomic E-state index is 12.4. The van der Waals surface area contributed by atoms with Crippen LogP contribution in [0.25, 0.3) is 0 Å². The van der Waals surface area contributed by atoms with Gasteiger partial charge >= 0.3 is 0 Å². The molecule has 3 rings (SSSR count). The Morgan fingerprint density at radius 3 is 2.82 bits per heavy atom. The van der Waals surface area contributed by atoms with Crippen LogP contribution in [0.3, 0.4) is 0 Å². The smallest absolute Gasteiger partial charge is 0.232 e. The Morgan fingerprint density at radius 1 is 1.27 bits per heavy atom. The van der Waals surface area contributed by atoms with Gasteiger partial charge in [-0.3, -0.25) is 14.7 Å². The zero-order valence-electron chi connectivity index (χ0n) is 12.8. The molecule has 5 nitrogen and oxygen atoms in total. The molecule has 2 aliphatic rings. The van der Waals surface area contributed by atoms with Gasteiger partial charge in [0.05, 0.1) is 19.0 Å². The van der Waals surface area contributed by atoms with Crippen LogP contribution in [0.5, 0.6) is 0 Å². The Kier molecular flexibility index (Phi) is 5.70. The molecule has 22 heavy (non-hydrogen) atoms. The minimum atomic E-state index is 0.250. The van der Waals surface area contributed by atoms with E-state index in [0.29, 0.717) is 11.8 Å². The molecular formula is C16H23N3O2S. The zero-order valence-corrected chi connectivity index (χ0v) is 13.6. The fourth-order valence-corrected chi connectivity index (χ4v) is 3.88. The number of pyridine rings is 1. The van der Waals surface area contributed by atoms with E-state index in [4.69, 9.17) is 4.74 Å². The van der Waals surface area contributed by atoms with E-state index in [1.54, 1.807) is 24.2 Å². The number of nitrogens with zero attached hydrogens (tertiary/aromatic N) is 3. The number of carbonyl (C=O) groups is 1. The first-order valence-electron chi connectivity index (χ1n) is 7.95. The number of ether oxygens (including phenoxy) is 1. The number of rotatable bonds is 4. The van der Waals surface area contributed by atoms with Gasteiger partial charge in [-0.15, -0.1) is 11.8 Å². The number of hydrogen-bond acceptors (Lipinski definition) is 5. The highest BCUT2D eigenvalue weighted by atomic mass is 32.2. The van der Waals surface area contributed by atoms with Crippen molar-refractivity contribution in [1.29, 1.82) is 0 Å². The Morgan fingerprint density at radius 2 is 2.05 bits per heavy atom. The molecule has 1 atom stereocenters. The van der Waals surface area contributed by atoms with Crippen LogP contribution in [0.15, 0.2) is 29.4 Å². The summed E-state index contributed by atoms with van der Waals surface area (Å²) in [6.07, 6.45) is 5.83. The molecule has 0 radical (unpaired) electrons. The molecule has 0 spiro atoms. The van der Waals surface area contributed by atoms with Crippen LogP contribution in [0.1, 0.15) is 12.8 Å². The molecule has 3 heterocycles. The molecule has 1 aromatic heterocycles. The minimum Gasteiger partial charge on any atom is -0.379 e. The Balaban J connectivity index is 1.49. The van der Waals surface area contributed by atoms with Gasteiger partial charge in [0.15, 0.2) is 0 Å². The largest absolute Gasteiger partial charge is 0.379 e. The Hall–Kier alpha value is -1.11. The van der Waals surface area contributed by atoms with Crippen molar-refractivity contribution in [2.45, 2.75) is 23.8 Å². The Bertz CT molecular complexity index is 480. The highest BCUT2D eigenvalue weighted by Crippen LogP contribution is 2.20. The van der Waals surface area contributed by atoms with E-state index in [0.717, 1.165) is 50.7 Å². The second kappa shape index (κ2) is 7.94. The van der Waals surface area contributed by atoms with Gasteiger partial charge in [0, 0.05) is 49.5 Å². The summed E-state index contributed by atoms with van der Waals surface area (Å²) in [6.45, 7) is 5.41. The van der Waals surface area contributed by atoms with Gasteiger partial charge in [-0.1, -0.05) is 0 Å². The first-order valence-corrected chi connectivity index (χ1v) is 8.94. The van der Waals surface area contributed by atoms with Gasteiger partial charge in [0.25, 0.3) is 0 Å². The lowest BCUT2D eigenvalue weighted by Crippen LogP contribution is -2.53. The average molecular weight is 321 g/mol. The molecule has 0 aliphatic carbocycles. The fourth-order valence-electron chi connectivity index (χ4n) is 3.09. The summed E-state index contributed by atoms with van der Waals surface area (Å²) in [4.78, 5) is 22.1. The normalized spacial score (nSPS) is 23.5. The maximum absolute atomic E-state index is 12.4. The average Bonchev–Trinajstić information content (AvgIpc) is 2.61. The van der Waals surface area contributed by atoms with Crippen molar-refractivity contribution in [3.8, 4) is 0 Å². The number of morpholine rings is 1. The molecule has 0 saturated carbocycles. The van der Waals surface area contributed by atoms with Gasteiger partial charge in [0.2, 0.25) is 5.91 Å². The van der Waals surface area contributed by atoms with E-state index in [2.05, 4.69) is 9.88 Å². The molecule has 2 saturated heterocycles. The van der Waals surface area contributed by atoms with Gasteiger partial charge < -0.3 is 9.64 Å². The molecular weight excluding hydrogens is 298 g/mol. The quantitative estimate of drug-likeness (QED) is 0.787. The maximum Gasteiger partial charge on any atom is 0.232 e. The molecule has 6 heteroatoms. The molecule has 1 aromatic rings. The van der Waals surface area contributed by atoms with Crippen molar-refractivity contribution in [3.63, 3.8) is 0 Å². The van der Waals surface area contributed by atoms with Crippen molar-refractivity contribution in [1.82, 2.24) is 14.8 Å². The molecule has 2 aliphatic heterocycles. The molecule has 0 N–H and O–H groups in total. The van der Waals surface area contributed by atoms with Crippen LogP contribution in [0.4, 0.5) is 0 Å². The van der Waals surface area contributed by atoms with Crippen LogP contribution in [-0.4, -0.2) is 71.9 Å². The lowest BCUT2D eigenvalue weighted by molar-refractivity contribution is -0.130. The Labute approximate surface area is 136 Å². The number of aromatic nitrogens is 1. The van der Waals surface area contributed by atoms with Crippen molar-refractivity contribution in [2.75, 3.05) is 45.1 Å². The predicted molar refractivity (Wildman–Crippen MR) is 87.0 cm³/mol. The van der Waals surface area contributed by atoms with E-state index in [-0.39, 0.29) is 5.91 Å². The van der Waals surface area contributed by atoms with Crippen LogP contribution < -0.4 is 0 Å². The van der Waals surface area contributed by atoms with E-state index in [1.165, 1.54) is 6.42 Å². The van der Waals surface area contributed by atoms with Crippen LogP contribution >= 0.6 is 11.8 Å². The van der Waals surface area contributed by atoms with E-state index >= 15 is 0 Å². The van der Waals surface area contributed by atoms with E-state index in [1.807, 2.05) is 17.0 Å². The summed E-state index contributed by atoms with van der Waals surface area (Å²) in [6, 6.07) is 4.41. The number of thioether (sulfide) groups is 1. The van der Waals surface area contributed by atoms with Crippen LogP contribution in [0, 0.1) is 0 Å². The number of carbonyl (C=O) groups excluding carboxylic acids is 1. The lowest BCUT2D eigenvalue weighted by atomic mass is 10.0. The summed E-state index contributed by atoms with van der Waals surface area (Å²) in [7, 11) is 0. The minimum absolute atomic E-state index is 0.250. The summed E-state index contributed by atoms with van der Waals surface area (Å²) < 4.78 is 5.42. The molecule has 1 unspecified atom stereocenters. The van der Waals surface area contributed by atoms with Crippen molar-refractivity contribution < 1.29 is 9.53 Å². The molecule has 1 amide bonds. The van der Waals surface area contributed by atoms with Gasteiger partial charge in [0.1, 0.15) is 0 Å². The summed E-state index contributed by atoms with van der Waals surface area (Å²) >= 11 is 1.59. The topological polar surface area (TPSA) is 45.7 Å². The van der Waals surface area contributed by atoms with Gasteiger partial charge in [-0.2, -0.15) is 0 Å². The van der Waals surface area contributed by atoms with Crippen molar-refractivity contribution >= 4 is 17.7 Å². The first-order chi connectivity index (χ1) is 10.8. The van der Waals surface area contributed by atoms with Crippen LogP contribution in [0.2, 0.25) is 0 Å². The summed E-state index contributed by atoms with van der Waals surface area (Å²) in [5, 5.41) is 0. The SMILES string of the molecule is O=C(CSc1ccncc1)N1CCCC(N2CCOCC2)C1. The molecule has 120 valence electrons. The predicted octanol–water partition coefficient (Wildman–Crippen LogP) is 1.50. The number of hydrogen-bond donors (Lipinski definition) is 0. The molecule has 2 fully saturated rings. The third-order valence-corrected chi connectivity index (χ3v) is 5.32. The van der Waals surface area contributed by atoms with Crippen molar-refractivity contribution in [2.24, 2.45) is 0 Å². The number of amides is 1. The van der Waals surface area contributed by atoms with Crippen LogP contribution in [-0.2, 0) is 9.53 Å². The lowest BCUT2D eigenvalue weighted by Gasteiger charge is -2.40. The van der Waals surface area contributed by atoms with E-state index < -0.39 is 0 Å².